The van der Waals surface area contributed by atoms with Gasteiger partial charge in [-0.25, -0.2) is 0 Å². The van der Waals surface area contributed by atoms with Gasteiger partial charge in [-0.3, -0.25) is 4.90 Å². The first kappa shape index (κ1) is 15.9. The van der Waals surface area contributed by atoms with E-state index in [0.29, 0.717) is 12.1 Å². The lowest BCUT2D eigenvalue weighted by Gasteiger charge is -2.37. The lowest BCUT2D eigenvalue weighted by atomic mass is 10.0. The molecule has 1 rings (SSSR count). The first-order valence-corrected chi connectivity index (χ1v) is 7.55. The fourth-order valence-corrected chi connectivity index (χ4v) is 3.00. The summed E-state index contributed by atoms with van der Waals surface area (Å²) in [6.45, 7) is 12.8. The maximum absolute atomic E-state index is 3.62. The molecular weight excluding hydrogens is 222 g/mol. The van der Waals surface area contributed by atoms with E-state index in [-0.39, 0.29) is 0 Å². The fraction of sp³-hybridized carbons (Fsp3) is 1.00. The van der Waals surface area contributed by atoms with Crippen LogP contribution >= 0.6 is 0 Å². The van der Waals surface area contributed by atoms with E-state index < -0.39 is 0 Å². The SMILES string of the molecule is CC(C)NCC(C(C)C)N1CCCC1CN(C)C. The number of nitrogens with zero attached hydrogens (tertiary/aromatic N) is 2. The van der Waals surface area contributed by atoms with Crippen molar-refractivity contribution in [3.8, 4) is 0 Å². The van der Waals surface area contributed by atoms with Gasteiger partial charge in [-0.1, -0.05) is 27.7 Å². The third-order valence-corrected chi connectivity index (χ3v) is 3.93. The van der Waals surface area contributed by atoms with Crippen molar-refractivity contribution in [2.45, 2.75) is 58.7 Å². The van der Waals surface area contributed by atoms with E-state index in [1.165, 1.54) is 25.9 Å². The largest absolute Gasteiger partial charge is 0.313 e. The van der Waals surface area contributed by atoms with Crippen LogP contribution in [0, 0.1) is 5.92 Å². The zero-order valence-electron chi connectivity index (χ0n) is 13.2. The molecule has 0 saturated carbocycles. The number of likely N-dealkylation sites (N-methyl/N-ethyl adjacent to an activating group) is 1. The van der Waals surface area contributed by atoms with Crippen LogP contribution in [0.25, 0.3) is 0 Å². The standard InChI is InChI=1S/C15H33N3/c1-12(2)15(10-16-13(3)4)18-9-7-8-14(18)11-17(5)6/h12-16H,7-11H2,1-6H3. The molecule has 0 radical (unpaired) electrons. The highest BCUT2D eigenvalue weighted by molar-refractivity contribution is 4.88. The molecular formula is C15H33N3. The topological polar surface area (TPSA) is 18.5 Å². The van der Waals surface area contributed by atoms with Crippen molar-refractivity contribution in [1.82, 2.24) is 15.1 Å². The lowest BCUT2D eigenvalue weighted by Crippen LogP contribution is -2.51. The Morgan fingerprint density at radius 2 is 1.89 bits per heavy atom. The minimum absolute atomic E-state index is 0.584. The molecule has 1 N–H and O–H groups in total. The minimum atomic E-state index is 0.584. The molecule has 2 atom stereocenters. The van der Waals surface area contributed by atoms with Crippen LogP contribution in [0.1, 0.15) is 40.5 Å². The molecule has 1 fully saturated rings. The maximum Gasteiger partial charge on any atom is 0.0247 e. The normalized spacial score (nSPS) is 23.5. The third kappa shape index (κ3) is 4.87. The second-order valence-corrected chi connectivity index (χ2v) is 6.67. The molecule has 1 aliphatic heterocycles. The van der Waals surface area contributed by atoms with E-state index in [2.05, 4.69) is 56.9 Å². The Labute approximate surface area is 114 Å². The molecule has 18 heavy (non-hydrogen) atoms. The molecule has 108 valence electrons. The molecule has 1 saturated heterocycles. The van der Waals surface area contributed by atoms with E-state index in [0.717, 1.165) is 18.5 Å². The van der Waals surface area contributed by atoms with Crippen molar-refractivity contribution in [1.29, 1.82) is 0 Å². The van der Waals surface area contributed by atoms with E-state index in [9.17, 15) is 0 Å². The van der Waals surface area contributed by atoms with Gasteiger partial charge in [-0.15, -0.1) is 0 Å². The minimum Gasteiger partial charge on any atom is -0.313 e. The van der Waals surface area contributed by atoms with Gasteiger partial charge >= 0.3 is 0 Å². The monoisotopic (exact) mass is 255 g/mol. The quantitative estimate of drug-likeness (QED) is 0.751. The van der Waals surface area contributed by atoms with Crippen LogP contribution < -0.4 is 5.32 Å². The van der Waals surface area contributed by atoms with Crippen LogP contribution in [0.15, 0.2) is 0 Å². The van der Waals surface area contributed by atoms with Crippen LogP contribution in [0.4, 0.5) is 0 Å². The Balaban J connectivity index is 2.59. The van der Waals surface area contributed by atoms with Gasteiger partial charge in [0, 0.05) is 31.2 Å². The van der Waals surface area contributed by atoms with Crippen LogP contribution in [-0.4, -0.2) is 61.7 Å². The zero-order chi connectivity index (χ0) is 13.7. The highest BCUT2D eigenvalue weighted by Crippen LogP contribution is 2.24. The Morgan fingerprint density at radius 1 is 1.22 bits per heavy atom. The van der Waals surface area contributed by atoms with Crippen molar-refractivity contribution >= 4 is 0 Å². The smallest absolute Gasteiger partial charge is 0.0247 e. The maximum atomic E-state index is 3.62. The van der Waals surface area contributed by atoms with Gasteiger partial charge in [0.05, 0.1) is 0 Å². The van der Waals surface area contributed by atoms with Gasteiger partial charge in [-0.05, 0) is 39.4 Å². The summed E-state index contributed by atoms with van der Waals surface area (Å²) in [7, 11) is 4.38. The second kappa shape index (κ2) is 7.46. The van der Waals surface area contributed by atoms with E-state index >= 15 is 0 Å². The van der Waals surface area contributed by atoms with Crippen molar-refractivity contribution in [3.05, 3.63) is 0 Å². The van der Waals surface area contributed by atoms with Gasteiger partial charge in [0.1, 0.15) is 0 Å². The molecule has 0 aromatic rings. The predicted molar refractivity (Wildman–Crippen MR) is 80.0 cm³/mol. The number of likely N-dealkylation sites (tertiary alicyclic amines) is 1. The Morgan fingerprint density at radius 3 is 2.39 bits per heavy atom. The number of hydrogen-bond acceptors (Lipinski definition) is 3. The van der Waals surface area contributed by atoms with Gasteiger partial charge < -0.3 is 10.2 Å². The Kier molecular flexibility index (Phi) is 6.61. The molecule has 0 spiro atoms. The summed E-state index contributed by atoms with van der Waals surface area (Å²) >= 11 is 0. The number of nitrogens with one attached hydrogen (secondary N) is 1. The fourth-order valence-electron chi connectivity index (χ4n) is 3.00. The summed E-state index contributed by atoms with van der Waals surface area (Å²) in [6.07, 6.45) is 2.73. The molecule has 3 heteroatoms. The summed E-state index contributed by atoms with van der Waals surface area (Å²) in [6, 6.07) is 2.02. The van der Waals surface area contributed by atoms with Gasteiger partial charge in [0.2, 0.25) is 0 Å². The molecule has 3 nitrogen and oxygen atoms in total. The molecule has 2 unspecified atom stereocenters. The number of rotatable bonds is 7. The van der Waals surface area contributed by atoms with Crippen molar-refractivity contribution < 1.29 is 0 Å². The molecule has 1 aliphatic rings. The van der Waals surface area contributed by atoms with Crippen LogP contribution in [0.2, 0.25) is 0 Å². The van der Waals surface area contributed by atoms with E-state index in [4.69, 9.17) is 0 Å². The molecule has 0 amide bonds. The van der Waals surface area contributed by atoms with E-state index in [1.807, 2.05) is 0 Å². The summed E-state index contributed by atoms with van der Waals surface area (Å²) in [5.41, 5.74) is 0. The van der Waals surface area contributed by atoms with Crippen molar-refractivity contribution in [2.24, 2.45) is 5.92 Å². The van der Waals surface area contributed by atoms with Gasteiger partial charge in [0.25, 0.3) is 0 Å². The highest BCUT2D eigenvalue weighted by Gasteiger charge is 2.32. The van der Waals surface area contributed by atoms with Crippen LogP contribution in [0.3, 0.4) is 0 Å². The van der Waals surface area contributed by atoms with Crippen molar-refractivity contribution in [3.63, 3.8) is 0 Å². The highest BCUT2D eigenvalue weighted by atomic mass is 15.3. The first-order chi connectivity index (χ1) is 8.41. The second-order valence-electron chi connectivity index (χ2n) is 6.67. The molecule has 1 heterocycles. The zero-order valence-corrected chi connectivity index (χ0v) is 13.2. The molecule has 0 aromatic heterocycles. The first-order valence-electron chi connectivity index (χ1n) is 7.55. The van der Waals surface area contributed by atoms with Crippen LogP contribution in [-0.2, 0) is 0 Å². The summed E-state index contributed by atoms with van der Waals surface area (Å²) in [5, 5.41) is 3.62. The third-order valence-electron chi connectivity index (χ3n) is 3.93. The predicted octanol–water partition coefficient (Wildman–Crippen LogP) is 2.04. The molecule has 0 aromatic carbocycles. The average molecular weight is 255 g/mol. The van der Waals surface area contributed by atoms with Gasteiger partial charge in [-0.2, -0.15) is 0 Å². The Bertz CT molecular complexity index is 226. The van der Waals surface area contributed by atoms with Crippen LogP contribution in [0.5, 0.6) is 0 Å². The molecule has 0 aliphatic carbocycles. The summed E-state index contributed by atoms with van der Waals surface area (Å²) < 4.78 is 0. The average Bonchev–Trinajstić information content (AvgIpc) is 2.64. The Hall–Kier alpha value is -0.120. The van der Waals surface area contributed by atoms with Gasteiger partial charge in [0.15, 0.2) is 0 Å². The number of hydrogen-bond donors (Lipinski definition) is 1. The molecule has 0 bridgehead atoms. The van der Waals surface area contributed by atoms with E-state index in [1.54, 1.807) is 0 Å². The lowest BCUT2D eigenvalue weighted by molar-refractivity contribution is 0.117. The van der Waals surface area contributed by atoms with Crippen molar-refractivity contribution in [2.75, 3.05) is 33.7 Å². The summed E-state index contributed by atoms with van der Waals surface area (Å²) in [4.78, 5) is 5.08. The summed E-state index contributed by atoms with van der Waals surface area (Å²) in [5.74, 6) is 0.721.